The van der Waals surface area contributed by atoms with E-state index >= 15 is 0 Å². The number of aryl methyl sites for hydroxylation is 1. The van der Waals surface area contributed by atoms with E-state index in [0.29, 0.717) is 18.4 Å². The number of aromatic hydroxyl groups is 1. The molecule has 3 aliphatic carbocycles. The Balaban J connectivity index is 0.00000240. The van der Waals surface area contributed by atoms with Crippen LogP contribution in [0, 0.1) is 31.6 Å². The maximum atomic E-state index is 13.2. The summed E-state index contributed by atoms with van der Waals surface area (Å²) in [6.45, 7) is 4.81. The normalized spacial score (nSPS) is 25.0. The van der Waals surface area contributed by atoms with Crippen molar-refractivity contribution in [1.82, 2.24) is 0 Å². The van der Waals surface area contributed by atoms with Gasteiger partial charge in [0.2, 0.25) is 0 Å². The largest absolute Gasteiger partial charge is 0.511 e. The van der Waals surface area contributed by atoms with Crippen molar-refractivity contribution in [2.45, 2.75) is 40.0 Å². The number of phenolic OH excluding ortho intramolecular Hbond substituents is 1. The number of ketones is 3. The molecule has 1 fully saturated rings. The smallest absolute Gasteiger partial charge is 0.173 e. The van der Waals surface area contributed by atoms with Crippen LogP contribution in [0.5, 0.6) is 5.75 Å². The van der Waals surface area contributed by atoms with E-state index in [0.717, 1.165) is 11.1 Å². The number of carbonyl (C=O) groups is 3. The second-order valence-electron chi connectivity index (χ2n) is 8.15. The van der Waals surface area contributed by atoms with Gasteiger partial charge in [-0.05, 0) is 62.1 Å². The highest BCUT2D eigenvalue weighted by atomic mass is 16.3. The van der Waals surface area contributed by atoms with Gasteiger partial charge in [-0.1, -0.05) is 6.07 Å². The Morgan fingerprint density at radius 2 is 1.73 bits per heavy atom. The van der Waals surface area contributed by atoms with E-state index in [9.17, 15) is 29.7 Å². The summed E-state index contributed by atoms with van der Waals surface area (Å²) in [5, 5.41) is 32.0. The Labute approximate surface area is 176 Å². The van der Waals surface area contributed by atoms with Crippen molar-refractivity contribution in [2.75, 3.05) is 0 Å². The van der Waals surface area contributed by atoms with Crippen molar-refractivity contribution in [2.24, 2.45) is 17.8 Å². The van der Waals surface area contributed by atoms with Crippen LogP contribution in [0.2, 0.25) is 0 Å². The highest BCUT2D eigenvalue weighted by molar-refractivity contribution is 6.21. The Hall–Kier alpha value is -2.97. The molecule has 0 spiro atoms. The molecule has 4 rings (SSSR count). The van der Waals surface area contributed by atoms with E-state index in [1.165, 1.54) is 6.92 Å². The predicted octanol–water partition coefficient (Wildman–Crippen LogP) is 1.87. The second kappa shape index (κ2) is 7.70. The molecule has 166 valence electrons. The number of aliphatic hydroxyl groups excluding tert-OH is 2. The Morgan fingerprint density at radius 1 is 1.10 bits per heavy atom. The fourth-order valence-corrected chi connectivity index (χ4v) is 5.05. The molecule has 0 radical (unpaired) electrons. The summed E-state index contributed by atoms with van der Waals surface area (Å²) in [4.78, 5) is 37.3. The van der Waals surface area contributed by atoms with Gasteiger partial charge >= 0.3 is 0 Å². The molecule has 0 bridgehead atoms. The standard InChI is InChI=1S/C22H22O6.2H2O.2H2/c1-8-4-11-5-12-6-13-7-14(24)15(10(3)23)20(26)18(13)22(28)17(12)21(27)16(11)19(25)9(8)2;;;;/h4,12-13,18,25-27H,5-7H2,1-3H3;2*1H2;2*1H. The summed E-state index contributed by atoms with van der Waals surface area (Å²) < 4.78 is 0. The van der Waals surface area contributed by atoms with Gasteiger partial charge in [0.05, 0.1) is 17.1 Å². The number of Topliss-reactive ketones (excluding diaryl/α,β-unsaturated/α-hetero) is 3. The monoisotopic (exact) mass is 422 g/mol. The van der Waals surface area contributed by atoms with E-state index in [2.05, 4.69) is 0 Å². The number of rotatable bonds is 1. The lowest BCUT2D eigenvalue weighted by Crippen LogP contribution is -2.43. The molecule has 3 unspecified atom stereocenters. The van der Waals surface area contributed by atoms with Crippen LogP contribution in [-0.2, 0) is 20.8 Å². The van der Waals surface area contributed by atoms with Crippen molar-refractivity contribution >= 4 is 23.1 Å². The quantitative estimate of drug-likeness (QED) is 0.582. The Bertz CT molecular complexity index is 1040. The number of allylic oxidation sites excluding steroid dienone is 3. The topological polar surface area (TPSA) is 175 Å². The van der Waals surface area contributed by atoms with Gasteiger partial charge in [-0.15, -0.1) is 0 Å². The van der Waals surface area contributed by atoms with Crippen LogP contribution < -0.4 is 0 Å². The van der Waals surface area contributed by atoms with Crippen LogP contribution in [-0.4, -0.2) is 43.6 Å². The predicted molar refractivity (Wildman–Crippen MR) is 112 cm³/mol. The first-order chi connectivity index (χ1) is 13.1. The lowest BCUT2D eigenvalue weighted by Gasteiger charge is -2.41. The molecule has 7 N–H and O–H groups in total. The minimum atomic E-state index is -1.000. The van der Waals surface area contributed by atoms with E-state index in [1.807, 2.05) is 13.0 Å². The summed E-state index contributed by atoms with van der Waals surface area (Å²) >= 11 is 0. The number of carbonyl (C=O) groups excluding carboxylic acids is 3. The number of aliphatic hydroxyl groups is 2. The summed E-state index contributed by atoms with van der Waals surface area (Å²) in [7, 11) is 0. The highest BCUT2D eigenvalue weighted by Crippen LogP contribution is 2.50. The van der Waals surface area contributed by atoms with Gasteiger partial charge in [-0.2, -0.15) is 0 Å². The maximum Gasteiger partial charge on any atom is 0.173 e. The molecule has 3 atom stereocenters. The fourth-order valence-electron chi connectivity index (χ4n) is 5.05. The van der Waals surface area contributed by atoms with Gasteiger partial charge in [0, 0.05) is 14.8 Å². The minimum Gasteiger partial charge on any atom is -0.511 e. The van der Waals surface area contributed by atoms with Gasteiger partial charge in [0.25, 0.3) is 0 Å². The third-order valence-corrected chi connectivity index (χ3v) is 6.50. The van der Waals surface area contributed by atoms with Crippen molar-refractivity contribution in [3.05, 3.63) is 45.2 Å². The molecule has 0 aromatic heterocycles. The zero-order valence-corrected chi connectivity index (χ0v) is 17.0. The molecule has 1 saturated carbocycles. The molecule has 1 aromatic carbocycles. The van der Waals surface area contributed by atoms with Gasteiger partial charge < -0.3 is 26.3 Å². The molecule has 30 heavy (non-hydrogen) atoms. The van der Waals surface area contributed by atoms with Crippen molar-refractivity contribution in [3.63, 3.8) is 0 Å². The molecule has 0 heterocycles. The zero-order chi connectivity index (χ0) is 20.5. The van der Waals surface area contributed by atoms with E-state index in [1.54, 1.807) is 6.92 Å². The highest BCUT2D eigenvalue weighted by Gasteiger charge is 2.50. The molecule has 3 aliphatic rings. The fraction of sp³-hybridized carbons (Fsp3) is 0.409. The molecule has 0 amide bonds. The third-order valence-electron chi connectivity index (χ3n) is 6.50. The van der Waals surface area contributed by atoms with E-state index in [-0.39, 0.29) is 54.4 Å². The van der Waals surface area contributed by atoms with Crippen LogP contribution in [0.4, 0.5) is 0 Å². The second-order valence-corrected chi connectivity index (χ2v) is 8.15. The molecule has 0 saturated heterocycles. The van der Waals surface area contributed by atoms with Crippen molar-refractivity contribution in [3.8, 4) is 5.75 Å². The number of fused-ring (bicyclic) bond motifs is 3. The average molecular weight is 422 g/mol. The number of hydrogen-bond acceptors (Lipinski definition) is 6. The first-order valence-corrected chi connectivity index (χ1v) is 9.40. The van der Waals surface area contributed by atoms with Crippen LogP contribution in [0.1, 0.15) is 44.9 Å². The van der Waals surface area contributed by atoms with E-state index < -0.39 is 34.9 Å². The van der Waals surface area contributed by atoms with Crippen LogP contribution in [0.15, 0.2) is 23.0 Å². The number of benzene rings is 1. The van der Waals surface area contributed by atoms with Gasteiger partial charge in [-0.3, -0.25) is 14.4 Å². The average Bonchev–Trinajstić information content (AvgIpc) is 2.58. The van der Waals surface area contributed by atoms with Crippen LogP contribution in [0.3, 0.4) is 0 Å². The molecule has 0 aliphatic heterocycles. The first-order valence-electron chi connectivity index (χ1n) is 9.40. The number of phenols is 1. The molecular formula is C22H30O8. The first kappa shape index (κ1) is 23.3. The third kappa shape index (κ3) is 3.03. The summed E-state index contributed by atoms with van der Waals surface area (Å²) in [5.74, 6) is -3.93. The SMILES string of the molecule is CC(=O)C1=C(O)C2C(=O)C3=C(O)c4c(cc(C)c(C)c4O)CC3CC2CC1=O.O.O.[HH].[HH]. The van der Waals surface area contributed by atoms with Gasteiger partial charge in [-0.25, -0.2) is 0 Å². The van der Waals surface area contributed by atoms with E-state index in [4.69, 9.17) is 0 Å². The minimum absolute atomic E-state index is 0. The lowest BCUT2D eigenvalue weighted by atomic mass is 9.61. The zero-order valence-electron chi connectivity index (χ0n) is 17.0. The Kier molecular flexibility index (Phi) is 5.98. The van der Waals surface area contributed by atoms with Gasteiger partial charge in [0.1, 0.15) is 17.3 Å². The molecule has 8 heteroatoms. The summed E-state index contributed by atoms with van der Waals surface area (Å²) in [6.07, 6.45) is 0.950. The maximum absolute atomic E-state index is 13.2. The Morgan fingerprint density at radius 3 is 2.33 bits per heavy atom. The summed E-state index contributed by atoms with van der Waals surface area (Å²) in [5.41, 5.74) is 2.44. The van der Waals surface area contributed by atoms with Crippen molar-refractivity contribution < 1.29 is 43.5 Å². The van der Waals surface area contributed by atoms with Crippen molar-refractivity contribution in [1.29, 1.82) is 0 Å². The molecule has 1 aromatic rings. The number of hydrogen-bond donors (Lipinski definition) is 3. The molecule has 8 nitrogen and oxygen atoms in total. The van der Waals surface area contributed by atoms with Crippen LogP contribution in [0.25, 0.3) is 5.76 Å². The summed E-state index contributed by atoms with van der Waals surface area (Å²) in [6, 6.07) is 1.91. The molecular weight excluding hydrogens is 392 g/mol. The van der Waals surface area contributed by atoms with Crippen LogP contribution >= 0.6 is 0 Å². The van der Waals surface area contributed by atoms with Gasteiger partial charge in [0.15, 0.2) is 17.3 Å². The lowest BCUT2D eigenvalue weighted by molar-refractivity contribution is -0.127.